The van der Waals surface area contributed by atoms with E-state index >= 15 is 0 Å². The van der Waals surface area contributed by atoms with E-state index < -0.39 is 23.5 Å². The van der Waals surface area contributed by atoms with Crippen molar-refractivity contribution in [1.82, 2.24) is 0 Å². The zero-order valence-electron chi connectivity index (χ0n) is 15.6. The summed E-state index contributed by atoms with van der Waals surface area (Å²) in [6.07, 6.45) is 0. The molecule has 0 fully saturated rings. The molecule has 0 radical (unpaired) electrons. The van der Waals surface area contributed by atoms with Crippen molar-refractivity contribution in [3.8, 4) is 0 Å². The van der Waals surface area contributed by atoms with E-state index in [9.17, 15) is 0 Å². The Kier molecular flexibility index (Phi) is 6.76. The molecule has 0 aliphatic heterocycles. The average Bonchev–Trinajstić information content (AvgIpc) is 2.46. The minimum absolute atomic E-state index is 0.393. The highest BCUT2D eigenvalue weighted by atomic mass is 31.4. The Morgan fingerprint density at radius 3 is 1.75 bits per heavy atom. The van der Waals surface area contributed by atoms with Gasteiger partial charge in [-0.1, -0.05) is 80.3 Å². The third-order valence-electron chi connectivity index (χ3n) is 3.25. The van der Waals surface area contributed by atoms with Gasteiger partial charge < -0.3 is 4.43 Å². The van der Waals surface area contributed by atoms with Gasteiger partial charge in [0.1, 0.15) is 0 Å². The number of rotatable bonds is 6. The maximum absolute atomic E-state index is 6.69. The van der Waals surface area contributed by atoms with Crippen LogP contribution in [0, 0.1) is 0 Å². The fourth-order valence-corrected chi connectivity index (χ4v) is 16.8. The molecule has 1 atom stereocenters. The van der Waals surface area contributed by atoms with Gasteiger partial charge in [-0.15, -0.1) is 0 Å². The van der Waals surface area contributed by atoms with E-state index in [1.165, 1.54) is 24.0 Å². The minimum atomic E-state index is -1.65. The number of hydrogen-bond acceptors (Lipinski definition) is 1. The summed E-state index contributed by atoms with van der Waals surface area (Å²) in [5, 5.41) is 4.09. The predicted molar refractivity (Wildman–Crippen MR) is 119 cm³/mol. The van der Waals surface area contributed by atoms with Crippen molar-refractivity contribution in [3.63, 3.8) is 0 Å². The highest BCUT2D eigenvalue weighted by molar-refractivity contribution is 8.14. The molecule has 0 N–H and O–H groups in total. The van der Waals surface area contributed by atoms with E-state index in [1.807, 2.05) is 0 Å². The molecular weight excluding hydrogens is 362 g/mol. The highest BCUT2D eigenvalue weighted by Crippen LogP contribution is 2.49. The van der Waals surface area contributed by atoms with Crippen molar-refractivity contribution < 1.29 is 4.43 Å². The van der Waals surface area contributed by atoms with Gasteiger partial charge in [-0.05, 0) is 40.6 Å². The lowest BCUT2D eigenvalue weighted by Crippen LogP contribution is -2.35. The lowest BCUT2D eigenvalue weighted by Gasteiger charge is -2.34. The molecule has 0 amide bonds. The first kappa shape index (κ1) is 19.8. The Hall–Kier alpha value is -0.566. The fraction of sp³-hybridized carbons (Fsp3) is 0.316. The van der Waals surface area contributed by atoms with Crippen LogP contribution in [0.4, 0.5) is 0 Å². The molecule has 1 unspecified atom stereocenters. The second-order valence-corrected chi connectivity index (χ2v) is 25.0. The van der Waals surface area contributed by atoms with Crippen LogP contribution in [-0.4, -0.2) is 21.3 Å². The number of hydrogen-bond donors (Lipinski definition) is 0. The summed E-state index contributed by atoms with van der Waals surface area (Å²) >= 11 is 0. The molecule has 0 saturated heterocycles. The highest BCUT2D eigenvalue weighted by Gasteiger charge is 2.34. The molecule has 0 aliphatic carbocycles. The third-order valence-corrected chi connectivity index (χ3v) is 14.8. The fourth-order valence-electron chi connectivity index (χ4n) is 2.37. The van der Waals surface area contributed by atoms with Crippen molar-refractivity contribution >= 4 is 47.6 Å². The summed E-state index contributed by atoms with van der Waals surface area (Å²) in [6.45, 7) is 14.3. The van der Waals surface area contributed by atoms with Crippen LogP contribution in [0.2, 0.25) is 39.3 Å². The second-order valence-electron chi connectivity index (χ2n) is 7.79. The van der Waals surface area contributed by atoms with E-state index in [2.05, 4.69) is 99.9 Å². The van der Waals surface area contributed by atoms with Crippen LogP contribution in [0.15, 0.2) is 60.7 Å². The van der Waals surface area contributed by atoms with Gasteiger partial charge in [-0.3, -0.25) is 0 Å². The lowest BCUT2D eigenvalue weighted by molar-refractivity contribution is 0.580. The molecule has 2 aromatic rings. The number of benzene rings is 2. The van der Waals surface area contributed by atoms with Gasteiger partial charge in [0.2, 0.25) is 0 Å². The molecule has 128 valence electrons. The molecule has 2 rings (SSSR count). The summed E-state index contributed by atoms with van der Waals surface area (Å²) in [4.78, 5) is 0. The molecule has 24 heavy (non-hydrogen) atoms. The lowest BCUT2D eigenvalue weighted by atomic mass is 10.4. The molecule has 0 aromatic heterocycles. The van der Waals surface area contributed by atoms with Crippen molar-refractivity contribution in [3.05, 3.63) is 60.7 Å². The second kappa shape index (κ2) is 8.21. The molecule has 0 aliphatic rings. The van der Waals surface area contributed by atoms with Gasteiger partial charge in [-0.25, -0.2) is 0 Å². The van der Waals surface area contributed by atoms with Crippen LogP contribution >= 0.6 is 15.7 Å². The van der Waals surface area contributed by atoms with Gasteiger partial charge in [-0.2, -0.15) is 0 Å². The predicted octanol–water partition coefficient (Wildman–Crippen LogP) is 5.84. The minimum Gasteiger partial charge on any atom is -0.382 e. The van der Waals surface area contributed by atoms with E-state index in [0.29, 0.717) is 0 Å². The molecule has 0 bridgehead atoms. The Labute approximate surface area is 152 Å². The van der Waals surface area contributed by atoms with Crippen molar-refractivity contribution in [2.75, 3.05) is 0 Å². The molecule has 1 nitrogen and oxygen atoms in total. The van der Waals surface area contributed by atoms with E-state index in [4.69, 9.17) is 4.43 Å². The maximum Gasteiger partial charge on any atom is 0.192 e. The van der Waals surface area contributed by atoms with Crippen molar-refractivity contribution in [1.29, 1.82) is 0 Å². The van der Waals surface area contributed by atoms with Gasteiger partial charge in [0, 0.05) is 5.30 Å². The van der Waals surface area contributed by atoms with Gasteiger partial charge in [0.25, 0.3) is 0 Å². The van der Waals surface area contributed by atoms with Gasteiger partial charge in [0.15, 0.2) is 8.32 Å². The van der Waals surface area contributed by atoms with Crippen molar-refractivity contribution in [2.24, 2.45) is 0 Å². The van der Waals surface area contributed by atoms with Crippen LogP contribution in [0.3, 0.4) is 0 Å². The Morgan fingerprint density at radius 2 is 1.29 bits per heavy atom. The monoisotopic (exact) mass is 390 g/mol. The van der Waals surface area contributed by atoms with Crippen LogP contribution < -0.4 is 10.6 Å². The molecule has 0 heterocycles. The summed E-state index contributed by atoms with van der Waals surface area (Å²) in [5.74, 6) is 0. The van der Waals surface area contributed by atoms with Crippen LogP contribution in [0.1, 0.15) is 0 Å². The standard InChI is InChI=1S/C19H28OP2Si2/c1-23(2,3)20-19(21-17-13-9-7-10-14-17)22(24(4,5)6)18-15-11-8-12-16-18/h7-16H,1-6H3. The van der Waals surface area contributed by atoms with Crippen molar-refractivity contribution in [2.45, 2.75) is 39.3 Å². The maximum atomic E-state index is 6.69. The van der Waals surface area contributed by atoms with Gasteiger partial charge in [0.05, 0.1) is 13.0 Å². The average molecular weight is 391 g/mol. The summed E-state index contributed by atoms with van der Waals surface area (Å²) in [5.41, 5.74) is 0. The molecule has 0 spiro atoms. The quantitative estimate of drug-likeness (QED) is 0.445. The summed E-state index contributed by atoms with van der Waals surface area (Å²) in [7, 11) is -2.23. The Morgan fingerprint density at radius 1 is 0.792 bits per heavy atom. The first-order chi connectivity index (χ1) is 11.2. The largest absolute Gasteiger partial charge is 0.382 e. The van der Waals surface area contributed by atoms with Crippen LogP contribution in [-0.2, 0) is 4.43 Å². The van der Waals surface area contributed by atoms with Gasteiger partial charge >= 0.3 is 0 Å². The molecule has 2 aromatic carbocycles. The Bertz CT molecular complexity index is 674. The van der Waals surface area contributed by atoms with Crippen LogP contribution in [0.25, 0.3) is 0 Å². The third kappa shape index (κ3) is 6.06. The summed E-state index contributed by atoms with van der Waals surface area (Å²) in [6, 6.07) is 21.7. The SMILES string of the molecule is C[Si](C)(C)OC(=Pc1ccccc1)P(c1ccccc1)[Si](C)(C)C. The molecule has 0 saturated carbocycles. The van der Waals surface area contributed by atoms with E-state index in [0.717, 1.165) is 0 Å². The smallest absolute Gasteiger partial charge is 0.192 e. The normalized spacial score (nSPS) is 14.5. The first-order valence-corrected chi connectivity index (χ1v) is 18.3. The zero-order valence-corrected chi connectivity index (χ0v) is 19.4. The zero-order chi connectivity index (χ0) is 17.8. The molecular formula is C19H28OP2Si2. The van der Waals surface area contributed by atoms with E-state index in [1.54, 1.807) is 0 Å². The van der Waals surface area contributed by atoms with E-state index in [-0.39, 0.29) is 0 Å². The Balaban J connectivity index is 2.55. The van der Waals surface area contributed by atoms with Crippen LogP contribution in [0.5, 0.6) is 0 Å². The first-order valence-electron chi connectivity index (χ1n) is 8.35. The summed E-state index contributed by atoms with van der Waals surface area (Å²) < 4.78 is 6.69. The molecule has 5 heteroatoms. The topological polar surface area (TPSA) is 9.23 Å².